The van der Waals surface area contributed by atoms with Crippen molar-refractivity contribution >= 4 is 22.6 Å². The zero-order valence-electron chi connectivity index (χ0n) is 15.4. The molecule has 2 N–H and O–H groups in total. The first-order valence-corrected chi connectivity index (χ1v) is 9.27. The van der Waals surface area contributed by atoms with E-state index in [1.54, 1.807) is 6.07 Å². The molecule has 2 heterocycles. The van der Waals surface area contributed by atoms with Crippen molar-refractivity contribution in [2.24, 2.45) is 0 Å². The van der Waals surface area contributed by atoms with Gasteiger partial charge < -0.3 is 14.7 Å². The molecule has 0 unspecified atom stereocenters. The monoisotopic (exact) mass is 379 g/mol. The average Bonchev–Trinajstić information content (AvgIpc) is 3.42. The molecular formula is C24H17N3O2. The molecule has 5 rings (SSSR count). The number of anilines is 1. The van der Waals surface area contributed by atoms with Crippen molar-refractivity contribution in [1.82, 2.24) is 9.97 Å². The number of rotatable bonds is 4. The van der Waals surface area contributed by atoms with Crippen LogP contribution in [0.5, 0.6) is 0 Å². The molecule has 0 saturated heterocycles. The zero-order chi connectivity index (χ0) is 19.6. The van der Waals surface area contributed by atoms with Gasteiger partial charge in [-0.2, -0.15) is 0 Å². The Balaban J connectivity index is 1.36. The Hall–Kier alpha value is -4.12. The lowest BCUT2D eigenvalue weighted by Gasteiger charge is -2.06. The minimum absolute atomic E-state index is 0.287. The number of para-hydroxylation sites is 2. The molecule has 0 spiro atoms. The molecule has 5 nitrogen and oxygen atoms in total. The highest BCUT2D eigenvalue weighted by Gasteiger charge is 2.17. The van der Waals surface area contributed by atoms with Gasteiger partial charge in [0, 0.05) is 16.8 Å². The molecule has 3 aromatic carbocycles. The van der Waals surface area contributed by atoms with E-state index in [0.717, 1.165) is 33.5 Å². The Morgan fingerprint density at radius 1 is 0.828 bits per heavy atom. The Kier molecular flexibility index (Phi) is 4.18. The number of carbonyl (C=O) groups excluding carboxylic acids is 1. The molecule has 2 aromatic heterocycles. The molecule has 0 aliphatic rings. The Morgan fingerprint density at radius 3 is 2.38 bits per heavy atom. The molecule has 29 heavy (non-hydrogen) atoms. The van der Waals surface area contributed by atoms with Crippen LogP contribution in [0.4, 0.5) is 5.69 Å². The van der Waals surface area contributed by atoms with Crippen LogP contribution in [0.2, 0.25) is 0 Å². The molecule has 0 aliphatic carbocycles. The maximum absolute atomic E-state index is 12.7. The molecule has 140 valence electrons. The van der Waals surface area contributed by atoms with Crippen LogP contribution >= 0.6 is 0 Å². The average molecular weight is 379 g/mol. The SMILES string of the molecule is O=C(Nc1ccc(-c2nc3ccccc3[nH]2)cc1)c1occc1-c1ccccc1. The second-order valence-corrected chi connectivity index (χ2v) is 6.66. The van der Waals surface area contributed by atoms with Crippen LogP contribution in [0.3, 0.4) is 0 Å². The molecule has 5 aromatic rings. The van der Waals surface area contributed by atoms with E-state index in [-0.39, 0.29) is 11.7 Å². The zero-order valence-corrected chi connectivity index (χ0v) is 15.4. The van der Waals surface area contributed by atoms with Crippen LogP contribution in [0.25, 0.3) is 33.5 Å². The molecule has 5 heteroatoms. The third kappa shape index (κ3) is 3.30. The number of furan rings is 1. The van der Waals surface area contributed by atoms with E-state index in [4.69, 9.17) is 4.42 Å². The van der Waals surface area contributed by atoms with Gasteiger partial charge in [-0.15, -0.1) is 0 Å². The van der Waals surface area contributed by atoms with Crippen LogP contribution in [0, 0.1) is 0 Å². The predicted molar refractivity (Wildman–Crippen MR) is 114 cm³/mol. The highest BCUT2D eigenvalue weighted by molar-refractivity contribution is 6.06. The van der Waals surface area contributed by atoms with Gasteiger partial charge in [0.1, 0.15) is 5.82 Å². The summed E-state index contributed by atoms with van der Waals surface area (Å²) in [4.78, 5) is 20.6. The van der Waals surface area contributed by atoms with Crippen molar-refractivity contribution in [1.29, 1.82) is 0 Å². The van der Waals surface area contributed by atoms with Gasteiger partial charge >= 0.3 is 0 Å². The first-order chi connectivity index (χ1) is 14.3. The van der Waals surface area contributed by atoms with Crippen molar-refractivity contribution in [3.63, 3.8) is 0 Å². The van der Waals surface area contributed by atoms with Gasteiger partial charge in [0.25, 0.3) is 5.91 Å². The minimum Gasteiger partial charge on any atom is -0.459 e. The molecule has 0 fully saturated rings. The summed E-state index contributed by atoms with van der Waals surface area (Å²) in [6.07, 6.45) is 1.53. The van der Waals surface area contributed by atoms with E-state index in [2.05, 4.69) is 15.3 Å². The van der Waals surface area contributed by atoms with E-state index < -0.39 is 0 Å². The number of amides is 1. The quantitative estimate of drug-likeness (QED) is 0.418. The number of aromatic nitrogens is 2. The van der Waals surface area contributed by atoms with Crippen molar-refractivity contribution in [2.45, 2.75) is 0 Å². The second kappa shape index (κ2) is 7.13. The number of nitrogens with one attached hydrogen (secondary N) is 2. The van der Waals surface area contributed by atoms with E-state index in [1.165, 1.54) is 6.26 Å². The summed E-state index contributed by atoms with van der Waals surface area (Å²) in [5, 5.41) is 2.90. The normalized spacial score (nSPS) is 10.9. The number of benzene rings is 3. The summed E-state index contributed by atoms with van der Waals surface area (Å²) in [5.41, 5.74) is 5.25. The smallest absolute Gasteiger partial charge is 0.292 e. The molecule has 1 amide bonds. The van der Waals surface area contributed by atoms with Gasteiger partial charge in [0.05, 0.1) is 17.3 Å². The Bertz CT molecular complexity index is 1250. The number of H-pyrrole nitrogens is 1. The molecule has 0 radical (unpaired) electrons. The van der Waals surface area contributed by atoms with Gasteiger partial charge in [-0.25, -0.2) is 4.98 Å². The van der Waals surface area contributed by atoms with E-state index in [0.29, 0.717) is 5.69 Å². The van der Waals surface area contributed by atoms with Crippen molar-refractivity contribution < 1.29 is 9.21 Å². The number of aromatic amines is 1. The first kappa shape index (κ1) is 17.0. The summed E-state index contributed by atoms with van der Waals surface area (Å²) in [6, 6.07) is 27.0. The lowest BCUT2D eigenvalue weighted by Crippen LogP contribution is -2.11. The van der Waals surface area contributed by atoms with Crippen LogP contribution in [0.1, 0.15) is 10.6 Å². The second-order valence-electron chi connectivity index (χ2n) is 6.66. The minimum atomic E-state index is -0.287. The maximum atomic E-state index is 12.7. The summed E-state index contributed by atoms with van der Waals surface area (Å²) in [7, 11) is 0. The fraction of sp³-hybridized carbons (Fsp3) is 0. The number of hydrogen-bond donors (Lipinski definition) is 2. The maximum Gasteiger partial charge on any atom is 0.292 e. The van der Waals surface area contributed by atoms with Crippen LogP contribution in [-0.4, -0.2) is 15.9 Å². The molecule has 0 bridgehead atoms. The van der Waals surface area contributed by atoms with Crippen molar-refractivity contribution in [3.8, 4) is 22.5 Å². The van der Waals surface area contributed by atoms with Gasteiger partial charge in [0.2, 0.25) is 0 Å². The van der Waals surface area contributed by atoms with Crippen LogP contribution in [-0.2, 0) is 0 Å². The summed E-state index contributed by atoms with van der Waals surface area (Å²) >= 11 is 0. The standard InChI is InChI=1S/C24H17N3O2/c28-24(22-19(14-15-29-22)16-6-2-1-3-7-16)25-18-12-10-17(11-13-18)23-26-20-8-4-5-9-21(20)27-23/h1-15H,(H,25,28)(H,26,27). The lowest BCUT2D eigenvalue weighted by molar-refractivity contribution is 0.0997. The Labute approximate surface area is 167 Å². The number of imidazole rings is 1. The largest absolute Gasteiger partial charge is 0.459 e. The predicted octanol–water partition coefficient (Wildman–Crippen LogP) is 5.74. The van der Waals surface area contributed by atoms with Crippen molar-refractivity contribution in [2.75, 3.05) is 5.32 Å². The highest BCUT2D eigenvalue weighted by Crippen LogP contribution is 2.26. The first-order valence-electron chi connectivity index (χ1n) is 9.27. The van der Waals surface area contributed by atoms with Crippen molar-refractivity contribution in [3.05, 3.63) is 97.0 Å². The number of hydrogen-bond acceptors (Lipinski definition) is 3. The van der Waals surface area contributed by atoms with Crippen LogP contribution < -0.4 is 5.32 Å². The Morgan fingerprint density at radius 2 is 1.59 bits per heavy atom. The fourth-order valence-electron chi connectivity index (χ4n) is 3.32. The van der Waals surface area contributed by atoms with Gasteiger partial charge in [-0.05, 0) is 48.0 Å². The van der Waals surface area contributed by atoms with Gasteiger partial charge in [-0.1, -0.05) is 42.5 Å². The van der Waals surface area contributed by atoms with Crippen LogP contribution in [0.15, 0.2) is 95.6 Å². The highest BCUT2D eigenvalue weighted by atomic mass is 16.3. The topological polar surface area (TPSA) is 70.9 Å². The summed E-state index contributed by atoms with van der Waals surface area (Å²) < 4.78 is 5.45. The third-order valence-electron chi connectivity index (χ3n) is 4.76. The molecule has 0 aliphatic heterocycles. The molecule has 0 atom stereocenters. The molecule has 0 saturated carbocycles. The van der Waals surface area contributed by atoms with E-state index >= 15 is 0 Å². The summed E-state index contributed by atoms with van der Waals surface area (Å²) in [5.74, 6) is 0.796. The number of fused-ring (bicyclic) bond motifs is 1. The number of nitrogens with zero attached hydrogens (tertiary/aromatic N) is 1. The number of carbonyl (C=O) groups is 1. The lowest BCUT2D eigenvalue weighted by atomic mass is 10.1. The van der Waals surface area contributed by atoms with Gasteiger partial charge in [0.15, 0.2) is 5.76 Å². The van der Waals surface area contributed by atoms with E-state index in [9.17, 15) is 4.79 Å². The third-order valence-corrected chi connectivity index (χ3v) is 4.76. The molecular weight excluding hydrogens is 362 g/mol. The fourth-order valence-corrected chi connectivity index (χ4v) is 3.32. The summed E-state index contributed by atoms with van der Waals surface area (Å²) in [6.45, 7) is 0. The van der Waals surface area contributed by atoms with E-state index in [1.807, 2.05) is 78.9 Å². The van der Waals surface area contributed by atoms with Gasteiger partial charge in [-0.3, -0.25) is 4.79 Å².